The summed E-state index contributed by atoms with van der Waals surface area (Å²) in [5, 5.41) is 3.77. The zero-order chi connectivity index (χ0) is 18.3. The Kier molecular flexibility index (Phi) is 4.61. The highest BCUT2D eigenvalue weighted by molar-refractivity contribution is 7.99. The first-order valence-electron chi connectivity index (χ1n) is 9.17. The maximum atomic E-state index is 12.9. The van der Waals surface area contributed by atoms with Crippen LogP contribution in [0.4, 0.5) is 5.69 Å². The van der Waals surface area contributed by atoms with E-state index in [4.69, 9.17) is 4.98 Å². The van der Waals surface area contributed by atoms with Gasteiger partial charge in [0.05, 0.1) is 11.7 Å². The molecule has 0 saturated carbocycles. The molecule has 26 heavy (non-hydrogen) atoms. The number of carbonyl (C=O) groups excluding carboxylic acids is 1. The molecule has 2 aliphatic rings. The highest BCUT2D eigenvalue weighted by Gasteiger charge is 2.30. The zero-order valence-electron chi connectivity index (χ0n) is 15.2. The monoisotopic (exact) mass is 369 g/mol. The van der Waals surface area contributed by atoms with Crippen LogP contribution < -0.4 is 10.9 Å². The van der Waals surface area contributed by atoms with Crippen LogP contribution in [0.25, 0.3) is 0 Å². The minimum atomic E-state index is -0.118. The van der Waals surface area contributed by atoms with E-state index >= 15 is 0 Å². The van der Waals surface area contributed by atoms with Crippen molar-refractivity contribution in [3.8, 4) is 0 Å². The van der Waals surface area contributed by atoms with Crippen LogP contribution in [0, 0.1) is 13.8 Å². The van der Waals surface area contributed by atoms with Crippen LogP contribution in [0.1, 0.15) is 47.7 Å². The van der Waals surface area contributed by atoms with Crippen LogP contribution in [-0.2, 0) is 17.6 Å². The Hall–Kier alpha value is -2.08. The van der Waals surface area contributed by atoms with Gasteiger partial charge in [-0.1, -0.05) is 29.5 Å². The molecule has 0 bridgehead atoms. The van der Waals surface area contributed by atoms with Crippen molar-refractivity contribution in [3.63, 3.8) is 0 Å². The summed E-state index contributed by atoms with van der Waals surface area (Å²) in [6, 6.07) is 5.86. The standard InChI is InChI=1S/C20H23N3O2S/c1-12-7-8-16(13(2)9-12)21-18(24)10-14-11-26-20-22-17-6-4-3-5-15(17)19(25)23(14)20/h7-9,14H,3-6,10-11H2,1-2H3,(H,21,24). The first-order chi connectivity index (χ1) is 12.5. The molecular formula is C20H23N3O2S. The van der Waals surface area contributed by atoms with Crippen molar-refractivity contribution in [2.45, 2.75) is 57.1 Å². The smallest absolute Gasteiger partial charge is 0.257 e. The highest BCUT2D eigenvalue weighted by Crippen LogP contribution is 2.34. The summed E-state index contributed by atoms with van der Waals surface area (Å²) in [5.41, 5.74) is 4.96. The van der Waals surface area contributed by atoms with Crippen LogP contribution in [-0.4, -0.2) is 21.2 Å². The summed E-state index contributed by atoms with van der Waals surface area (Å²) in [5.74, 6) is 0.672. The molecule has 0 spiro atoms. The normalized spacial score (nSPS) is 18.3. The minimum absolute atomic E-state index is 0.0555. The van der Waals surface area contributed by atoms with Gasteiger partial charge in [-0.3, -0.25) is 14.2 Å². The minimum Gasteiger partial charge on any atom is -0.326 e. The highest BCUT2D eigenvalue weighted by atomic mass is 32.2. The van der Waals surface area contributed by atoms with Crippen LogP contribution in [0.2, 0.25) is 0 Å². The molecule has 0 radical (unpaired) electrons. The van der Waals surface area contributed by atoms with E-state index in [1.165, 1.54) is 5.56 Å². The Morgan fingerprint density at radius 2 is 2.12 bits per heavy atom. The SMILES string of the molecule is Cc1ccc(NC(=O)CC2CSc3nc4c(c(=O)n32)CCCC4)c(C)c1. The summed E-state index contributed by atoms with van der Waals surface area (Å²) in [6.07, 6.45) is 4.17. The number of carbonyl (C=O) groups is 1. The average Bonchev–Trinajstić information content (AvgIpc) is 3.00. The first-order valence-corrected chi connectivity index (χ1v) is 10.2. The lowest BCUT2D eigenvalue weighted by Gasteiger charge is -2.19. The topological polar surface area (TPSA) is 64.0 Å². The van der Waals surface area contributed by atoms with Crippen LogP contribution >= 0.6 is 11.8 Å². The summed E-state index contributed by atoms with van der Waals surface area (Å²) < 4.78 is 1.76. The summed E-state index contributed by atoms with van der Waals surface area (Å²) in [6.45, 7) is 4.02. The number of aryl methyl sites for hydroxylation is 3. The molecule has 1 amide bonds. The number of hydrogen-bond donors (Lipinski definition) is 1. The number of anilines is 1. The van der Waals surface area contributed by atoms with Gasteiger partial charge in [0.25, 0.3) is 5.56 Å². The zero-order valence-corrected chi connectivity index (χ0v) is 16.0. The number of nitrogens with zero attached hydrogens (tertiary/aromatic N) is 2. The Morgan fingerprint density at radius 3 is 2.92 bits per heavy atom. The van der Waals surface area contributed by atoms with Crippen LogP contribution in [0.5, 0.6) is 0 Å². The van der Waals surface area contributed by atoms with Crippen molar-refractivity contribution < 1.29 is 4.79 Å². The fourth-order valence-corrected chi connectivity index (χ4v) is 4.99. The van der Waals surface area contributed by atoms with E-state index < -0.39 is 0 Å². The summed E-state index contributed by atoms with van der Waals surface area (Å²) >= 11 is 1.59. The lowest BCUT2D eigenvalue weighted by Crippen LogP contribution is -2.32. The maximum Gasteiger partial charge on any atom is 0.257 e. The first kappa shape index (κ1) is 17.3. The van der Waals surface area contributed by atoms with Gasteiger partial charge in [0, 0.05) is 23.4 Å². The molecule has 0 fully saturated rings. The third-order valence-corrected chi connectivity index (χ3v) is 6.30. The molecule has 2 aromatic rings. The molecule has 1 atom stereocenters. The lowest BCUT2D eigenvalue weighted by molar-refractivity contribution is -0.116. The number of benzene rings is 1. The summed E-state index contributed by atoms with van der Waals surface area (Å²) in [7, 11) is 0. The molecule has 1 N–H and O–H groups in total. The van der Waals surface area contributed by atoms with Crippen molar-refractivity contribution in [2.75, 3.05) is 11.1 Å². The van der Waals surface area contributed by atoms with Gasteiger partial charge in [0.1, 0.15) is 0 Å². The van der Waals surface area contributed by atoms with E-state index in [1.54, 1.807) is 16.3 Å². The molecule has 1 aliphatic heterocycles. The van der Waals surface area contributed by atoms with Crippen LogP contribution in [0.3, 0.4) is 0 Å². The predicted octanol–water partition coefficient (Wildman–Crippen LogP) is 3.41. The number of hydrogen-bond acceptors (Lipinski definition) is 4. The van der Waals surface area contributed by atoms with Crippen molar-refractivity contribution >= 4 is 23.4 Å². The second-order valence-corrected chi connectivity index (χ2v) is 8.22. The Morgan fingerprint density at radius 1 is 1.31 bits per heavy atom. The Bertz CT molecular complexity index is 935. The van der Waals surface area contributed by atoms with E-state index in [1.807, 2.05) is 26.0 Å². The number of nitrogens with one attached hydrogen (secondary N) is 1. The maximum absolute atomic E-state index is 12.9. The predicted molar refractivity (Wildman–Crippen MR) is 104 cm³/mol. The van der Waals surface area contributed by atoms with Crippen molar-refractivity contribution in [2.24, 2.45) is 0 Å². The number of amides is 1. The van der Waals surface area contributed by atoms with E-state index in [0.29, 0.717) is 6.42 Å². The van der Waals surface area contributed by atoms with Crippen molar-refractivity contribution in [1.29, 1.82) is 0 Å². The van der Waals surface area contributed by atoms with Gasteiger partial charge in [-0.05, 0) is 51.2 Å². The van der Waals surface area contributed by atoms with Gasteiger partial charge in [0.2, 0.25) is 5.91 Å². The van der Waals surface area contributed by atoms with Crippen LogP contribution in [0.15, 0.2) is 28.2 Å². The number of aromatic nitrogens is 2. The third-order valence-electron chi connectivity index (χ3n) is 5.20. The molecule has 1 aliphatic carbocycles. The second-order valence-electron chi connectivity index (χ2n) is 7.24. The van der Waals surface area contributed by atoms with Gasteiger partial charge < -0.3 is 5.32 Å². The second kappa shape index (κ2) is 6.91. The molecule has 2 heterocycles. The Balaban J connectivity index is 1.54. The molecule has 1 aromatic heterocycles. The number of rotatable bonds is 3. The fourth-order valence-electron chi connectivity index (χ4n) is 3.83. The van der Waals surface area contributed by atoms with Gasteiger partial charge in [-0.15, -0.1) is 0 Å². The molecule has 1 unspecified atom stereocenters. The van der Waals surface area contributed by atoms with Gasteiger partial charge in [-0.2, -0.15) is 0 Å². The molecule has 4 rings (SSSR count). The van der Waals surface area contributed by atoms with E-state index in [2.05, 4.69) is 11.4 Å². The molecular weight excluding hydrogens is 346 g/mol. The largest absolute Gasteiger partial charge is 0.326 e. The van der Waals surface area contributed by atoms with E-state index in [9.17, 15) is 9.59 Å². The molecule has 6 heteroatoms. The molecule has 5 nitrogen and oxygen atoms in total. The number of fused-ring (bicyclic) bond motifs is 2. The van der Waals surface area contributed by atoms with Gasteiger partial charge >= 0.3 is 0 Å². The Labute approximate surface area is 157 Å². The fraction of sp³-hybridized carbons (Fsp3) is 0.450. The lowest BCUT2D eigenvalue weighted by atomic mass is 9.97. The number of thioether (sulfide) groups is 1. The van der Waals surface area contributed by atoms with E-state index in [-0.39, 0.29) is 17.5 Å². The van der Waals surface area contributed by atoms with Crippen molar-refractivity contribution in [3.05, 3.63) is 50.9 Å². The van der Waals surface area contributed by atoms with Gasteiger partial charge in [0.15, 0.2) is 5.16 Å². The quantitative estimate of drug-likeness (QED) is 0.842. The molecule has 0 saturated heterocycles. The van der Waals surface area contributed by atoms with E-state index in [0.717, 1.165) is 59.1 Å². The summed E-state index contributed by atoms with van der Waals surface area (Å²) in [4.78, 5) is 30.2. The van der Waals surface area contributed by atoms with Gasteiger partial charge in [-0.25, -0.2) is 4.98 Å². The third kappa shape index (κ3) is 3.18. The molecule has 1 aromatic carbocycles. The average molecular weight is 369 g/mol. The molecule has 136 valence electrons. The van der Waals surface area contributed by atoms with Crippen molar-refractivity contribution in [1.82, 2.24) is 9.55 Å².